The molecule has 1 aromatic carbocycles. The molecule has 8 heteroatoms. The van der Waals surface area contributed by atoms with Crippen LogP contribution in [0.25, 0.3) is 16.8 Å². The Hall–Kier alpha value is -2.58. The molecule has 1 N–H and O–H groups in total. The Labute approximate surface area is 172 Å². The number of carbonyl (C=O) groups excluding carboxylic acids is 1. The third-order valence-corrected chi connectivity index (χ3v) is 6.56. The van der Waals surface area contributed by atoms with Gasteiger partial charge in [-0.15, -0.1) is 5.10 Å². The number of rotatable bonds is 6. The third-order valence-electron chi connectivity index (χ3n) is 5.62. The molecule has 1 saturated heterocycles. The molecule has 5 rings (SSSR count). The molecule has 1 fully saturated rings. The van der Waals surface area contributed by atoms with E-state index in [-0.39, 0.29) is 11.9 Å². The minimum atomic E-state index is 0.113. The molecule has 4 aromatic rings. The van der Waals surface area contributed by atoms with Gasteiger partial charge >= 0.3 is 0 Å². The maximum Gasteiger partial charge on any atom is 0.231 e. The van der Waals surface area contributed by atoms with E-state index in [0.29, 0.717) is 11.5 Å². The summed E-state index contributed by atoms with van der Waals surface area (Å²) < 4.78 is 9.95. The fourth-order valence-corrected chi connectivity index (χ4v) is 4.94. The number of aromatic amines is 1. The minimum absolute atomic E-state index is 0.113. The number of aryl methyl sites for hydroxylation is 1. The first kappa shape index (κ1) is 18.4. The van der Waals surface area contributed by atoms with Crippen molar-refractivity contribution in [1.29, 1.82) is 0 Å². The highest BCUT2D eigenvalue weighted by Gasteiger charge is 2.22. The van der Waals surface area contributed by atoms with E-state index in [0.717, 1.165) is 59.1 Å². The van der Waals surface area contributed by atoms with Crippen molar-refractivity contribution in [3.63, 3.8) is 0 Å². The van der Waals surface area contributed by atoms with Crippen molar-refractivity contribution < 1.29 is 9.53 Å². The van der Waals surface area contributed by atoms with Gasteiger partial charge in [0.1, 0.15) is 0 Å². The van der Waals surface area contributed by atoms with Gasteiger partial charge in [0, 0.05) is 30.1 Å². The monoisotopic (exact) mass is 409 g/mol. The van der Waals surface area contributed by atoms with Crippen molar-refractivity contribution in [2.45, 2.75) is 44.5 Å². The molecule has 0 unspecified atom stereocenters. The summed E-state index contributed by atoms with van der Waals surface area (Å²) in [6.07, 6.45) is 2.46. The first-order valence-corrected chi connectivity index (χ1v) is 10.9. The van der Waals surface area contributed by atoms with Crippen LogP contribution in [-0.2, 0) is 11.3 Å². The first-order chi connectivity index (χ1) is 14.1. The molecular weight excluding hydrogens is 386 g/mol. The first-order valence-electron chi connectivity index (χ1n) is 9.87. The summed E-state index contributed by atoms with van der Waals surface area (Å²) in [7, 11) is 0. The van der Waals surface area contributed by atoms with Gasteiger partial charge < -0.3 is 9.30 Å². The molecule has 3 aromatic heterocycles. The molecule has 0 saturated carbocycles. The summed E-state index contributed by atoms with van der Waals surface area (Å²) in [6.45, 7) is 5.74. The summed E-state index contributed by atoms with van der Waals surface area (Å²) in [6, 6.07) is 9.92. The standard InChI is InChI=1S/C21H23N5O2S/c1-13-10-16(14(2)25(13)11-15-6-5-9-28-15)19(27)12-29-21-24-23-20-22-17-7-3-4-8-18(17)26(20)21/h3-4,7-8,10,15H,5-6,9,11-12H2,1-2H3,(H,22,23)/t15-/m1/s1. The number of thioether (sulfide) groups is 1. The van der Waals surface area contributed by atoms with Gasteiger partial charge in [0.15, 0.2) is 10.9 Å². The van der Waals surface area contributed by atoms with Crippen LogP contribution in [0.15, 0.2) is 35.5 Å². The van der Waals surface area contributed by atoms with E-state index in [1.165, 1.54) is 11.8 Å². The molecular formula is C21H23N5O2S. The fraction of sp³-hybridized carbons (Fsp3) is 0.381. The van der Waals surface area contributed by atoms with Crippen LogP contribution in [0.5, 0.6) is 0 Å². The lowest BCUT2D eigenvalue weighted by molar-refractivity contribution is 0.0957. The van der Waals surface area contributed by atoms with Crippen LogP contribution in [0.3, 0.4) is 0 Å². The molecule has 7 nitrogen and oxygen atoms in total. The molecule has 4 heterocycles. The number of carbonyl (C=O) groups is 1. The number of Topliss-reactive ketones (excluding diaryl/α,β-unsaturated/α-hetero) is 1. The smallest absolute Gasteiger partial charge is 0.231 e. The predicted molar refractivity (Wildman–Crippen MR) is 113 cm³/mol. The Balaban J connectivity index is 1.35. The molecule has 0 amide bonds. The highest BCUT2D eigenvalue weighted by Crippen LogP contribution is 2.25. The van der Waals surface area contributed by atoms with Gasteiger partial charge in [0.05, 0.1) is 22.9 Å². The van der Waals surface area contributed by atoms with Crippen molar-refractivity contribution in [3.8, 4) is 0 Å². The zero-order valence-corrected chi connectivity index (χ0v) is 17.3. The number of H-pyrrole nitrogens is 1. The Morgan fingerprint density at radius 2 is 2.21 bits per heavy atom. The number of imidazole rings is 1. The van der Waals surface area contributed by atoms with Gasteiger partial charge in [-0.2, -0.15) is 0 Å². The highest BCUT2D eigenvalue weighted by atomic mass is 32.2. The summed E-state index contributed by atoms with van der Waals surface area (Å²) in [5.41, 5.74) is 4.81. The summed E-state index contributed by atoms with van der Waals surface area (Å²) >= 11 is 1.43. The number of nitrogens with zero attached hydrogens (tertiary/aromatic N) is 4. The van der Waals surface area contributed by atoms with E-state index in [2.05, 4.69) is 26.7 Å². The predicted octanol–water partition coefficient (Wildman–Crippen LogP) is 3.78. The molecule has 1 aliphatic heterocycles. The van der Waals surface area contributed by atoms with E-state index in [4.69, 9.17) is 4.74 Å². The minimum Gasteiger partial charge on any atom is -0.376 e. The van der Waals surface area contributed by atoms with Crippen LogP contribution in [0.2, 0.25) is 0 Å². The Morgan fingerprint density at radius 3 is 3.03 bits per heavy atom. The fourth-order valence-electron chi connectivity index (χ4n) is 4.10. The van der Waals surface area contributed by atoms with Crippen molar-refractivity contribution in [2.24, 2.45) is 0 Å². The zero-order valence-electron chi connectivity index (χ0n) is 16.5. The lowest BCUT2D eigenvalue weighted by atomic mass is 10.2. The van der Waals surface area contributed by atoms with Crippen LogP contribution in [0.4, 0.5) is 0 Å². The van der Waals surface area contributed by atoms with Crippen LogP contribution < -0.4 is 0 Å². The maximum atomic E-state index is 13.0. The average Bonchev–Trinajstić information content (AvgIpc) is 3.48. The Morgan fingerprint density at radius 1 is 1.34 bits per heavy atom. The van der Waals surface area contributed by atoms with E-state index in [1.54, 1.807) is 0 Å². The van der Waals surface area contributed by atoms with E-state index in [1.807, 2.05) is 41.7 Å². The molecule has 0 bridgehead atoms. The molecule has 1 atom stereocenters. The molecule has 1 aliphatic rings. The number of nitrogens with one attached hydrogen (secondary N) is 1. The number of aromatic nitrogens is 5. The topological polar surface area (TPSA) is 77.2 Å². The second-order valence-electron chi connectivity index (χ2n) is 7.51. The quantitative estimate of drug-likeness (QED) is 0.387. The van der Waals surface area contributed by atoms with Gasteiger partial charge in [-0.05, 0) is 44.9 Å². The molecule has 0 radical (unpaired) electrons. The number of ketones is 1. The SMILES string of the molecule is Cc1cc(C(=O)CSc2n[nH]c3nc4ccccc4n23)c(C)n1C[C@H]1CCCO1. The van der Waals surface area contributed by atoms with Crippen molar-refractivity contribution in [1.82, 2.24) is 24.1 Å². The largest absolute Gasteiger partial charge is 0.376 e. The molecule has 150 valence electrons. The molecule has 0 spiro atoms. The number of hydrogen-bond donors (Lipinski definition) is 1. The maximum absolute atomic E-state index is 13.0. The Bertz CT molecular complexity index is 1200. The van der Waals surface area contributed by atoms with Gasteiger partial charge in [0.25, 0.3) is 0 Å². The Kier molecular flexibility index (Phi) is 4.67. The number of para-hydroxylation sites is 2. The second-order valence-corrected chi connectivity index (χ2v) is 8.45. The van der Waals surface area contributed by atoms with Crippen molar-refractivity contribution >= 4 is 34.4 Å². The van der Waals surface area contributed by atoms with Gasteiger partial charge in [-0.1, -0.05) is 23.9 Å². The van der Waals surface area contributed by atoms with Crippen LogP contribution in [0, 0.1) is 13.8 Å². The molecule has 0 aliphatic carbocycles. The van der Waals surface area contributed by atoms with Crippen LogP contribution >= 0.6 is 11.8 Å². The zero-order chi connectivity index (χ0) is 20.0. The van der Waals surface area contributed by atoms with Crippen molar-refractivity contribution in [3.05, 3.63) is 47.3 Å². The van der Waals surface area contributed by atoms with E-state index in [9.17, 15) is 4.79 Å². The average molecular weight is 410 g/mol. The van der Waals surface area contributed by atoms with Crippen LogP contribution in [0.1, 0.15) is 34.6 Å². The second kappa shape index (κ2) is 7.35. The van der Waals surface area contributed by atoms with Gasteiger partial charge in [0.2, 0.25) is 5.78 Å². The number of hydrogen-bond acceptors (Lipinski definition) is 5. The third kappa shape index (κ3) is 3.26. The molecule has 29 heavy (non-hydrogen) atoms. The lowest BCUT2D eigenvalue weighted by Crippen LogP contribution is -2.17. The van der Waals surface area contributed by atoms with E-state index >= 15 is 0 Å². The van der Waals surface area contributed by atoms with Crippen molar-refractivity contribution in [2.75, 3.05) is 12.4 Å². The normalized spacial score (nSPS) is 17.0. The summed E-state index contributed by atoms with van der Waals surface area (Å²) in [5.74, 6) is 1.13. The summed E-state index contributed by atoms with van der Waals surface area (Å²) in [4.78, 5) is 17.5. The lowest BCUT2D eigenvalue weighted by Gasteiger charge is -2.14. The highest BCUT2D eigenvalue weighted by molar-refractivity contribution is 7.99. The number of ether oxygens (including phenoxy) is 1. The number of benzene rings is 1. The van der Waals surface area contributed by atoms with E-state index < -0.39 is 0 Å². The van der Waals surface area contributed by atoms with Gasteiger partial charge in [-0.3, -0.25) is 9.20 Å². The summed E-state index contributed by atoms with van der Waals surface area (Å²) in [5, 5.41) is 8.05. The van der Waals surface area contributed by atoms with Crippen LogP contribution in [-0.4, -0.2) is 48.4 Å². The van der Waals surface area contributed by atoms with Gasteiger partial charge in [-0.25, -0.2) is 10.1 Å². The number of fused-ring (bicyclic) bond motifs is 3.